The average molecular weight is 463 g/mol. The molecule has 32 heavy (non-hydrogen) atoms. The normalized spacial score (nSPS) is 34.2. The molecule has 4 rings (SSSR count). The van der Waals surface area contributed by atoms with Crippen molar-refractivity contribution in [3.05, 3.63) is 24.3 Å². The van der Waals surface area contributed by atoms with Gasteiger partial charge in [-0.3, -0.25) is 14.4 Å². The number of hydrogen-bond donors (Lipinski definition) is 1. The summed E-state index contributed by atoms with van der Waals surface area (Å²) in [6, 6.07) is -0.631. The third-order valence-electron chi connectivity index (χ3n) is 7.03. The molecule has 0 aromatic rings. The smallest absolute Gasteiger partial charge is 0.311 e. The Kier molecular flexibility index (Phi) is 6.47. The van der Waals surface area contributed by atoms with E-state index in [1.807, 2.05) is 50.0 Å². The number of likely N-dealkylation sites (tertiary alicyclic amines) is 1. The standard InChI is InChI=1S/C24H34N2O5S/c1-23(2,3)26-13-9-11-24-18(17-16(32-24)10-8-15-31-22(17)30)20(28)25(19(24)21(26)29)12-6-4-5-7-14-27/h8-11,16-19,27H,4-7,12-15H2,1-3H3/t16-,17+,18-,19?,24-/m0/s1. The van der Waals surface area contributed by atoms with Crippen molar-refractivity contribution in [1.82, 2.24) is 9.80 Å². The highest BCUT2D eigenvalue weighted by Gasteiger charge is 2.71. The number of carbonyl (C=O) groups excluding carboxylic acids is 3. The first-order chi connectivity index (χ1) is 15.2. The summed E-state index contributed by atoms with van der Waals surface area (Å²) in [5, 5.41) is 8.86. The maximum Gasteiger partial charge on any atom is 0.311 e. The van der Waals surface area contributed by atoms with Crippen molar-refractivity contribution in [3.8, 4) is 0 Å². The molecule has 2 saturated heterocycles. The van der Waals surface area contributed by atoms with E-state index >= 15 is 0 Å². The maximum atomic E-state index is 14.0. The van der Waals surface area contributed by atoms with Gasteiger partial charge in [0.15, 0.2) is 0 Å². The van der Waals surface area contributed by atoms with Crippen LogP contribution in [0.5, 0.6) is 0 Å². The zero-order valence-corrected chi connectivity index (χ0v) is 20.0. The van der Waals surface area contributed by atoms with Crippen molar-refractivity contribution in [1.29, 1.82) is 0 Å². The number of ether oxygens (including phenoxy) is 1. The Morgan fingerprint density at radius 2 is 1.88 bits per heavy atom. The van der Waals surface area contributed by atoms with Crippen LogP contribution in [-0.4, -0.2) is 80.6 Å². The van der Waals surface area contributed by atoms with Crippen molar-refractivity contribution in [3.63, 3.8) is 0 Å². The molecule has 1 spiro atoms. The number of nitrogens with zero attached hydrogens (tertiary/aromatic N) is 2. The van der Waals surface area contributed by atoms with Crippen molar-refractivity contribution < 1.29 is 24.2 Å². The van der Waals surface area contributed by atoms with Crippen LogP contribution in [0.2, 0.25) is 0 Å². The lowest BCUT2D eigenvalue weighted by molar-refractivity contribution is -0.151. The van der Waals surface area contributed by atoms with Crippen LogP contribution in [0.3, 0.4) is 0 Å². The van der Waals surface area contributed by atoms with Crippen LogP contribution in [0.4, 0.5) is 0 Å². The quantitative estimate of drug-likeness (QED) is 0.370. The topological polar surface area (TPSA) is 87.2 Å². The van der Waals surface area contributed by atoms with Gasteiger partial charge in [-0.05, 0) is 33.6 Å². The minimum absolute atomic E-state index is 0.0463. The molecule has 8 heteroatoms. The molecule has 0 saturated carbocycles. The molecule has 0 bridgehead atoms. The molecular formula is C24H34N2O5S. The number of amides is 2. The third-order valence-corrected chi connectivity index (χ3v) is 8.77. The number of rotatable bonds is 6. The molecule has 0 aliphatic carbocycles. The third kappa shape index (κ3) is 3.79. The molecular weight excluding hydrogens is 428 g/mol. The SMILES string of the molecule is CC(C)(C)N1CC=C[C@]23S[C@H]4C=CCOC(=O)[C@H]4[C@H]2C(=O)N(CCCCCCO)C3C1=O. The Morgan fingerprint density at radius 1 is 1.12 bits per heavy atom. The highest BCUT2D eigenvalue weighted by atomic mass is 32.2. The number of aliphatic hydroxyl groups is 1. The average Bonchev–Trinajstić information content (AvgIpc) is 3.01. The van der Waals surface area contributed by atoms with Crippen molar-refractivity contribution in [2.75, 3.05) is 26.3 Å². The fourth-order valence-electron chi connectivity index (χ4n) is 5.56. The molecule has 0 aromatic carbocycles. The van der Waals surface area contributed by atoms with E-state index in [0.29, 0.717) is 13.1 Å². The minimum atomic E-state index is -0.769. The molecule has 1 N–H and O–H groups in total. The minimum Gasteiger partial charge on any atom is -0.461 e. The summed E-state index contributed by atoms with van der Waals surface area (Å²) in [7, 11) is 0. The van der Waals surface area contributed by atoms with E-state index in [1.165, 1.54) is 0 Å². The molecule has 2 fully saturated rings. The lowest BCUT2D eigenvalue weighted by Gasteiger charge is -2.40. The fraction of sp³-hybridized carbons (Fsp3) is 0.708. The van der Waals surface area contributed by atoms with E-state index in [0.717, 1.165) is 25.7 Å². The van der Waals surface area contributed by atoms with Crippen LogP contribution < -0.4 is 0 Å². The first-order valence-electron chi connectivity index (χ1n) is 11.6. The summed E-state index contributed by atoms with van der Waals surface area (Å²) in [4.78, 5) is 44.3. The monoisotopic (exact) mass is 462 g/mol. The predicted molar refractivity (Wildman–Crippen MR) is 123 cm³/mol. The largest absolute Gasteiger partial charge is 0.461 e. The lowest BCUT2D eigenvalue weighted by Crippen LogP contribution is -2.57. The Hall–Kier alpha value is -1.80. The second-order valence-corrected chi connectivity index (χ2v) is 11.6. The molecule has 4 heterocycles. The van der Waals surface area contributed by atoms with Gasteiger partial charge in [0.2, 0.25) is 11.8 Å². The zero-order chi connectivity index (χ0) is 23.1. The molecule has 0 radical (unpaired) electrons. The summed E-state index contributed by atoms with van der Waals surface area (Å²) in [6.45, 7) is 7.39. The van der Waals surface area contributed by atoms with E-state index in [2.05, 4.69) is 0 Å². The molecule has 4 aliphatic heterocycles. The molecule has 7 nitrogen and oxygen atoms in total. The van der Waals surface area contributed by atoms with Crippen molar-refractivity contribution in [2.24, 2.45) is 11.8 Å². The first-order valence-corrected chi connectivity index (χ1v) is 12.5. The van der Waals surface area contributed by atoms with Crippen molar-refractivity contribution >= 4 is 29.5 Å². The molecule has 2 amide bonds. The molecule has 5 atom stereocenters. The zero-order valence-electron chi connectivity index (χ0n) is 19.2. The molecule has 0 aromatic heterocycles. The summed E-state index contributed by atoms with van der Waals surface area (Å²) in [6.07, 6.45) is 11.1. The van der Waals surface area contributed by atoms with Crippen LogP contribution in [0.25, 0.3) is 0 Å². The summed E-state index contributed by atoms with van der Waals surface area (Å²) < 4.78 is 4.62. The Balaban J connectivity index is 1.72. The van der Waals surface area contributed by atoms with Gasteiger partial charge in [0.1, 0.15) is 12.6 Å². The number of carbonyl (C=O) groups is 3. The second kappa shape index (κ2) is 8.86. The van der Waals surface area contributed by atoms with Gasteiger partial charge in [0.05, 0.1) is 16.6 Å². The number of hydrogen-bond acceptors (Lipinski definition) is 6. The van der Waals surface area contributed by atoms with Crippen molar-refractivity contribution in [2.45, 2.75) is 68.0 Å². The van der Waals surface area contributed by atoms with Crippen LogP contribution in [-0.2, 0) is 19.1 Å². The summed E-state index contributed by atoms with van der Waals surface area (Å²) >= 11 is 1.58. The molecule has 1 unspecified atom stereocenters. The van der Waals surface area contributed by atoms with Gasteiger partial charge < -0.3 is 19.6 Å². The van der Waals surface area contributed by atoms with E-state index in [9.17, 15) is 14.4 Å². The van der Waals surface area contributed by atoms with Crippen LogP contribution in [0.1, 0.15) is 46.5 Å². The number of esters is 1. The number of thioether (sulfide) groups is 1. The van der Waals surface area contributed by atoms with Crippen LogP contribution in [0.15, 0.2) is 24.3 Å². The number of fused-ring (bicyclic) bond motifs is 2. The second-order valence-electron chi connectivity index (χ2n) is 10.1. The number of cyclic esters (lactones) is 1. The highest BCUT2D eigenvalue weighted by molar-refractivity contribution is 8.02. The number of aliphatic hydroxyl groups excluding tert-OH is 1. The predicted octanol–water partition coefficient (Wildman–Crippen LogP) is 2.15. The lowest BCUT2D eigenvalue weighted by atomic mass is 9.78. The first kappa shape index (κ1) is 23.4. The highest BCUT2D eigenvalue weighted by Crippen LogP contribution is 2.61. The van der Waals surface area contributed by atoms with Crippen LogP contribution >= 0.6 is 11.8 Å². The van der Waals surface area contributed by atoms with E-state index in [4.69, 9.17) is 9.84 Å². The van der Waals surface area contributed by atoms with Gasteiger partial charge in [-0.25, -0.2) is 0 Å². The Labute approximate surface area is 194 Å². The summed E-state index contributed by atoms with van der Waals surface area (Å²) in [5.41, 5.74) is -0.382. The van der Waals surface area contributed by atoms with Gasteiger partial charge in [0, 0.05) is 30.5 Å². The summed E-state index contributed by atoms with van der Waals surface area (Å²) in [5.74, 6) is -1.68. The van der Waals surface area contributed by atoms with E-state index in [-0.39, 0.29) is 41.8 Å². The Morgan fingerprint density at radius 3 is 2.59 bits per heavy atom. The number of unbranched alkanes of at least 4 members (excludes halogenated alkanes) is 3. The van der Waals surface area contributed by atoms with E-state index < -0.39 is 22.6 Å². The molecule has 4 aliphatic rings. The Bertz CT molecular complexity index is 835. The van der Waals surface area contributed by atoms with E-state index in [1.54, 1.807) is 16.7 Å². The van der Waals surface area contributed by atoms with Gasteiger partial charge in [-0.2, -0.15) is 0 Å². The fourth-order valence-corrected chi connectivity index (χ4v) is 7.56. The van der Waals surface area contributed by atoms with Gasteiger partial charge in [-0.15, -0.1) is 11.8 Å². The maximum absolute atomic E-state index is 14.0. The van der Waals surface area contributed by atoms with Gasteiger partial charge in [0.25, 0.3) is 0 Å². The van der Waals surface area contributed by atoms with Gasteiger partial charge >= 0.3 is 5.97 Å². The van der Waals surface area contributed by atoms with Crippen LogP contribution in [0, 0.1) is 11.8 Å². The molecule has 176 valence electrons. The van der Waals surface area contributed by atoms with Gasteiger partial charge in [-0.1, -0.05) is 37.1 Å².